The van der Waals surface area contributed by atoms with E-state index in [9.17, 15) is 13.2 Å². The lowest BCUT2D eigenvalue weighted by molar-refractivity contribution is -0.121. The predicted molar refractivity (Wildman–Crippen MR) is 109 cm³/mol. The normalized spacial score (nSPS) is 17.6. The van der Waals surface area contributed by atoms with Crippen molar-refractivity contribution < 1.29 is 13.2 Å². The van der Waals surface area contributed by atoms with Crippen LogP contribution in [0.4, 0.5) is 5.69 Å². The number of sulfonamides is 1. The molecule has 0 aliphatic carbocycles. The second-order valence-electron chi connectivity index (χ2n) is 6.51. The average Bonchev–Trinajstić information content (AvgIpc) is 3.19. The van der Waals surface area contributed by atoms with E-state index in [1.807, 2.05) is 19.1 Å². The van der Waals surface area contributed by atoms with Gasteiger partial charge in [0, 0.05) is 19.1 Å². The molecule has 1 aromatic heterocycles. The molecule has 1 fully saturated rings. The molecule has 146 valence electrons. The number of hydrogen-bond acceptors (Lipinski definition) is 5. The molecule has 0 bridgehead atoms. The summed E-state index contributed by atoms with van der Waals surface area (Å²) < 4.78 is 27.8. The summed E-state index contributed by atoms with van der Waals surface area (Å²) >= 11 is 7.29. The standard InChI is InChI=1S/C18H22ClN3O3S2/c1-13(18(23)20-16-6-3-2-5-15(16)19)22-10-8-14(9-11-22)21-27(24,25)17-7-4-12-26-17/h2-7,12-14,21H,8-11H2,1H3,(H,20,23)/t13-/m0/s1. The van der Waals surface area contributed by atoms with Gasteiger partial charge in [-0.2, -0.15) is 0 Å². The summed E-state index contributed by atoms with van der Waals surface area (Å²) in [6.07, 6.45) is 1.32. The maximum absolute atomic E-state index is 12.5. The molecule has 2 aromatic rings. The number of anilines is 1. The van der Waals surface area contributed by atoms with Gasteiger partial charge in [0.15, 0.2) is 0 Å². The highest BCUT2D eigenvalue weighted by Crippen LogP contribution is 2.22. The largest absolute Gasteiger partial charge is 0.323 e. The van der Waals surface area contributed by atoms with Gasteiger partial charge < -0.3 is 5.32 Å². The molecule has 27 heavy (non-hydrogen) atoms. The summed E-state index contributed by atoms with van der Waals surface area (Å²) in [7, 11) is -3.46. The zero-order valence-corrected chi connectivity index (χ0v) is 17.3. The predicted octanol–water partition coefficient (Wildman–Crippen LogP) is 3.17. The third-order valence-electron chi connectivity index (χ3n) is 4.67. The topological polar surface area (TPSA) is 78.5 Å². The van der Waals surface area contributed by atoms with Gasteiger partial charge >= 0.3 is 0 Å². The van der Waals surface area contributed by atoms with E-state index in [-0.39, 0.29) is 18.0 Å². The number of piperidine rings is 1. The number of amides is 1. The van der Waals surface area contributed by atoms with Crippen LogP contribution in [-0.2, 0) is 14.8 Å². The minimum absolute atomic E-state index is 0.118. The van der Waals surface area contributed by atoms with Crippen LogP contribution in [-0.4, -0.2) is 44.4 Å². The van der Waals surface area contributed by atoms with Gasteiger partial charge in [0.25, 0.3) is 0 Å². The number of nitrogens with one attached hydrogen (secondary N) is 2. The average molecular weight is 428 g/mol. The lowest BCUT2D eigenvalue weighted by atomic mass is 10.0. The number of para-hydroxylation sites is 1. The van der Waals surface area contributed by atoms with Crippen molar-refractivity contribution in [3.63, 3.8) is 0 Å². The number of nitrogens with zero attached hydrogens (tertiary/aromatic N) is 1. The number of thiophene rings is 1. The zero-order valence-electron chi connectivity index (χ0n) is 14.9. The Hall–Kier alpha value is -1.45. The second kappa shape index (κ2) is 8.70. The fourth-order valence-corrected chi connectivity index (χ4v) is 5.56. The highest BCUT2D eigenvalue weighted by Gasteiger charge is 2.29. The molecule has 1 saturated heterocycles. The molecular formula is C18H22ClN3O3S2. The number of halogens is 1. The van der Waals surface area contributed by atoms with Gasteiger partial charge in [-0.25, -0.2) is 13.1 Å². The second-order valence-corrected chi connectivity index (χ2v) is 9.80. The zero-order chi connectivity index (χ0) is 19.4. The highest BCUT2D eigenvalue weighted by molar-refractivity contribution is 7.91. The van der Waals surface area contributed by atoms with Gasteiger partial charge in [0.2, 0.25) is 15.9 Å². The van der Waals surface area contributed by atoms with Crippen molar-refractivity contribution in [3.05, 3.63) is 46.8 Å². The van der Waals surface area contributed by atoms with Crippen LogP contribution in [0.3, 0.4) is 0 Å². The van der Waals surface area contributed by atoms with E-state index in [2.05, 4.69) is 14.9 Å². The van der Waals surface area contributed by atoms with Crippen molar-refractivity contribution in [2.24, 2.45) is 0 Å². The van der Waals surface area contributed by atoms with E-state index >= 15 is 0 Å². The van der Waals surface area contributed by atoms with E-state index in [1.54, 1.807) is 29.6 Å². The first-order chi connectivity index (χ1) is 12.9. The molecule has 1 aliphatic rings. The van der Waals surface area contributed by atoms with Gasteiger partial charge in [-0.1, -0.05) is 29.8 Å². The Morgan fingerprint density at radius 1 is 1.22 bits per heavy atom. The first kappa shape index (κ1) is 20.3. The minimum Gasteiger partial charge on any atom is -0.323 e. The lowest BCUT2D eigenvalue weighted by Gasteiger charge is -2.35. The monoisotopic (exact) mass is 427 g/mol. The molecule has 1 aliphatic heterocycles. The summed E-state index contributed by atoms with van der Waals surface area (Å²) in [6.45, 7) is 3.14. The van der Waals surface area contributed by atoms with Gasteiger partial charge in [-0.15, -0.1) is 11.3 Å². The van der Waals surface area contributed by atoms with Crippen LogP contribution >= 0.6 is 22.9 Å². The van der Waals surface area contributed by atoms with Crippen molar-refractivity contribution >= 4 is 44.6 Å². The van der Waals surface area contributed by atoms with Gasteiger partial charge in [0.1, 0.15) is 4.21 Å². The smallest absolute Gasteiger partial charge is 0.250 e. The quantitative estimate of drug-likeness (QED) is 0.742. The van der Waals surface area contributed by atoms with Gasteiger partial charge in [-0.3, -0.25) is 9.69 Å². The summed E-state index contributed by atoms with van der Waals surface area (Å²) in [6, 6.07) is 10.00. The molecular weight excluding hydrogens is 406 g/mol. The van der Waals surface area contributed by atoms with Crippen LogP contribution in [0.25, 0.3) is 0 Å². The van der Waals surface area contributed by atoms with E-state index in [0.717, 1.165) is 0 Å². The SMILES string of the molecule is C[C@@H](C(=O)Nc1ccccc1Cl)N1CCC(NS(=O)(=O)c2cccs2)CC1. The van der Waals surface area contributed by atoms with Crippen LogP contribution in [0.2, 0.25) is 5.02 Å². The van der Waals surface area contributed by atoms with Crippen molar-refractivity contribution in [2.45, 2.75) is 36.1 Å². The van der Waals surface area contributed by atoms with Crippen LogP contribution in [0.5, 0.6) is 0 Å². The first-order valence-electron chi connectivity index (χ1n) is 8.72. The number of rotatable bonds is 6. The summed E-state index contributed by atoms with van der Waals surface area (Å²) in [4.78, 5) is 14.6. The van der Waals surface area contributed by atoms with E-state index < -0.39 is 10.0 Å². The number of benzene rings is 1. The Bertz CT molecular complexity index is 879. The van der Waals surface area contributed by atoms with E-state index in [1.165, 1.54) is 11.3 Å². The minimum atomic E-state index is -3.46. The summed E-state index contributed by atoms with van der Waals surface area (Å²) in [5, 5.41) is 5.10. The first-order valence-corrected chi connectivity index (χ1v) is 11.5. The molecule has 6 nitrogen and oxygen atoms in total. The number of likely N-dealkylation sites (tertiary alicyclic amines) is 1. The van der Waals surface area contributed by atoms with Crippen LogP contribution in [0, 0.1) is 0 Å². The van der Waals surface area contributed by atoms with Crippen LogP contribution in [0.1, 0.15) is 19.8 Å². The molecule has 2 heterocycles. The number of hydrogen-bond donors (Lipinski definition) is 2. The highest BCUT2D eigenvalue weighted by atomic mass is 35.5. The van der Waals surface area contributed by atoms with E-state index in [4.69, 9.17) is 11.6 Å². The summed E-state index contributed by atoms with van der Waals surface area (Å²) in [5.41, 5.74) is 0.592. The number of carbonyl (C=O) groups excluding carboxylic acids is 1. The third kappa shape index (κ3) is 5.08. The molecule has 1 aromatic carbocycles. The van der Waals surface area contributed by atoms with Crippen molar-refractivity contribution in [3.8, 4) is 0 Å². The van der Waals surface area contributed by atoms with Gasteiger partial charge in [-0.05, 0) is 43.3 Å². The van der Waals surface area contributed by atoms with Crippen molar-refractivity contribution in [2.75, 3.05) is 18.4 Å². The van der Waals surface area contributed by atoms with Crippen molar-refractivity contribution in [1.82, 2.24) is 9.62 Å². The van der Waals surface area contributed by atoms with E-state index in [0.29, 0.717) is 40.9 Å². The fourth-order valence-electron chi connectivity index (χ4n) is 3.06. The Morgan fingerprint density at radius 2 is 1.93 bits per heavy atom. The third-order valence-corrected chi connectivity index (χ3v) is 7.92. The Labute approximate surface area is 168 Å². The molecule has 0 unspecified atom stereocenters. The van der Waals surface area contributed by atoms with Crippen LogP contribution in [0.15, 0.2) is 46.0 Å². The fraction of sp³-hybridized carbons (Fsp3) is 0.389. The number of carbonyl (C=O) groups is 1. The van der Waals surface area contributed by atoms with Crippen LogP contribution < -0.4 is 10.0 Å². The molecule has 1 atom stereocenters. The van der Waals surface area contributed by atoms with Gasteiger partial charge in [0.05, 0.1) is 16.8 Å². The molecule has 1 amide bonds. The maximum atomic E-state index is 12.5. The molecule has 9 heteroatoms. The summed E-state index contributed by atoms with van der Waals surface area (Å²) in [5.74, 6) is -0.124. The molecule has 3 rings (SSSR count). The van der Waals surface area contributed by atoms with Crippen molar-refractivity contribution in [1.29, 1.82) is 0 Å². The molecule has 0 radical (unpaired) electrons. The molecule has 0 saturated carbocycles. The lowest BCUT2D eigenvalue weighted by Crippen LogP contribution is -2.50. The molecule has 2 N–H and O–H groups in total. The Kier molecular flexibility index (Phi) is 6.54. The Morgan fingerprint density at radius 3 is 2.56 bits per heavy atom. The Balaban J connectivity index is 1.52. The molecule has 0 spiro atoms. The maximum Gasteiger partial charge on any atom is 0.250 e.